The maximum absolute atomic E-state index is 13.9. The molecule has 2 aromatic carbocycles. The fraction of sp³-hybridized carbons (Fsp3) is 0.524. The van der Waals surface area contributed by atoms with Gasteiger partial charge >= 0.3 is 21.7 Å². The zero-order chi connectivity index (χ0) is 37.4. The molecule has 0 bridgehead atoms. The summed E-state index contributed by atoms with van der Waals surface area (Å²) in [4.78, 5) is 0. The number of nitrogens with zero attached hydrogens (tertiary/aromatic N) is 2. The normalized spacial score (nSPS) is 12.6. The van der Waals surface area contributed by atoms with Crippen LogP contribution in [0, 0.1) is 58.4 Å². The Morgan fingerprint density at radius 3 is 1.24 bits per heavy atom. The van der Waals surface area contributed by atoms with Crippen molar-refractivity contribution in [3.63, 3.8) is 0 Å². The number of halogens is 4. The second-order valence-electron chi connectivity index (χ2n) is 13.7. The summed E-state index contributed by atoms with van der Waals surface area (Å²) < 4.78 is 53.6. The van der Waals surface area contributed by atoms with Crippen LogP contribution in [0.25, 0.3) is 0 Å². The van der Waals surface area contributed by atoms with Gasteiger partial charge in [-0.1, -0.05) is 68.2 Å². The van der Waals surface area contributed by atoms with E-state index in [0.717, 1.165) is 64.5 Å². The molecule has 0 aromatic heterocycles. The van der Waals surface area contributed by atoms with Crippen molar-refractivity contribution >= 4 is 11.4 Å². The van der Waals surface area contributed by atoms with Crippen molar-refractivity contribution < 1.29 is 39.3 Å². The van der Waals surface area contributed by atoms with Crippen molar-refractivity contribution in [2.24, 2.45) is 10.8 Å². The van der Waals surface area contributed by atoms with E-state index in [9.17, 15) is 17.6 Å². The maximum atomic E-state index is 13.9. The third-order valence-corrected chi connectivity index (χ3v) is 8.32. The van der Waals surface area contributed by atoms with E-state index in [2.05, 4.69) is 103 Å². The molecule has 0 unspecified atom stereocenters. The second kappa shape index (κ2) is 27.0. The van der Waals surface area contributed by atoms with E-state index in [-0.39, 0.29) is 32.5 Å². The summed E-state index contributed by atoms with van der Waals surface area (Å²) in [7, 11) is 0. The van der Waals surface area contributed by atoms with E-state index in [1.807, 2.05) is 24.3 Å². The van der Waals surface area contributed by atoms with Crippen molar-refractivity contribution in [3.05, 3.63) is 108 Å². The van der Waals surface area contributed by atoms with Gasteiger partial charge in [0.15, 0.2) is 0 Å². The smallest absolute Gasteiger partial charge is 0.359 e. The molecular weight excluding hydrogens is 684 g/mol. The number of unbranched alkanes of at least 4 members (excludes halogenated alkanes) is 2. The second-order valence-corrected chi connectivity index (χ2v) is 13.7. The first-order chi connectivity index (χ1) is 23.8. The predicted molar refractivity (Wildman–Crippen MR) is 202 cm³/mol. The van der Waals surface area contributed by atoms with Crippen LogP contribution in [0.4, 0.5) is 28.9 Å². The van der Waals surface area contributed by atoms with E-state index in [0.29, 0.717) is 24.5 Å². The van der Waals surface area contributed by atoms with Crippen LogP contribution in [0.5, 0.6) is 0 Å². The SMILES string of the molecule is CCCCN(NCC(C)(C)CC)c1ccc(F)[c-]c1F.CCCCN(NCC(C)(C)CC)c1ccc(F)[c-]c1F.[C-]1=CC=CC1.[C-]1=CC=CC1.[Ti+4]. The van der Waals surface area contributed by atoms with Gasteiger partial charge in [0, 0.05) is 49.4 Å². The van der Waals surface area contributed by atoms with Gasteiger partial charge in [-0.15, -0.1) is 49.2 Å². The fourth-order valence-corrected chi connectivity index (χ4v) is 4.04. The summed E-state index contributed by atoms with van der Waals surface area (Å²) in [5.41, 5.74) is 7.51. The monoisotopic (exact) mass is 744 g/mol. The van der Waals surface area contributed by atoms with Gasteiger partial charge in [-0.2, -0.15) is 12.2 Å². The van der Waals surface area contributed by atoms with E-state index < -0.39 is 23.3 Å². The number of nitrogens with one attached hydrogen (secondary N) is 2. The molecule has 280 valence electrons. The van der Waals surface area contributed by atoms with Gasteiger partial charge in [0.05, 0.1) is 0 Å². The Labute approximate surface area is 322 Å². The minimum Gasteiger partial charge on any atom is -0.359 e. The number of hydrogen-bond donors (Lipinski definition) is 2. The molecule has 0 amide bonds. The quantitative estimate of drug-likeness (QED) is 0.0776. The molecule has 0 aliphatic heterocycles. The Kier molecular flexibility index (Phi) is 25.6. The minimum absolute atomic E-state index is 0. The van der Waals surface area contributed by atoms with Crippen molar-refractivity contribution in [2.45, 2.75) is 107 Å². The van der Waals surface area contributed by atoms with E-state index in [4.69, 9.17) is 0 Å². The molecule has 0 radical (unpaired) electrons. The fourth-order valence-electron chi connectivity index (χ4n) is 4.04. The molecule has 0 heterocycles. The van der Waals surface area contributed by atoms with E-state index in [1.54, 1.807) is 10.0 Å². The van der Waals surface area contributed by atoms with Crippen LogP contribution >= 0.6 is 0 Å². The molecule has 4 nitrogen and oxygen atoms in total. The molecule has 0 saturated heterocycles. The molecule has 0 fully saturated rings. The molecule has 51 heavy (non-hydrogen) atoms. The van der Waals surface area contributed by atoms with Gasteiger partial charge in [0.2, 0.25) is 0 Å². The summed E-state index contributed by atoms with van der Waals surface area (Å²) in [6.07, 6.45) is 26.0. The van der Waals surface area contributed by atoms with Gasteiger partial charge in [-0.3, -0.25) is 12.2 Å². The minimum atomic E-state index is -0.671. The Hall–Kier alpha value is -2.65. The largest absolute Gasteiger partial charge is 4.00 e. The van der Waals surface area contributed by atoms with E-state index in [1.165, 1.54) is 24.3 Å². The first kappa shape index (κ1) is 48.4. The topological polar surface area (TPSA) is 30.5 Å². The molecule has 2 aliphatic rings. The third-order valence-electron chi connectivity index (χ3n) is 8.32. The van der Waals surface area contributed by atoms with Crippen LogP contribution < -0.4 is 20.9 Å². The van der Waals surface area contributed by atoms with Crippen molar-refractivity contribution in [1.82, 2.24) is 10.9 Å². The van der Waals surface area contributed by atoms with Crippen molar-refractivity contribution in [2.75, 3.05) is 36.2 Å². The molecular formula is C42H60F4N4Ti. The van der Waals surface area contributed by atoms with Crippen LogP contribution in [0.15, 0.2) is 60.7 Å². The number of anilines is 2. The van der Waals surface area contributed by atoms with Crippen LogP contribution in [-0.2, 0) is 21.7 Å². The average Bonchev–Trinajstić information content (AvgIpc) is 3.87. The van der Waals surface area contributed by atoms with Gasteiger partial charge in [0.25, 0.3) is 0 Å². The third kappa shape index (κ3) is 21.5. The summed E-state index contributed by atoms with van der Waals surface area (Å²) in [6.45, 7) is 19.9. The molecule has 2 aromatic rings. The number of rotatable bonds is 16. The zero-order valence-electron chi connectivity index (χ0n) is 32.2. The molecule has 2 aliphatic carbocycles. The molecule has 4 rings (SSSR count). The first-order valence-electron chi connectivity index (χ1n) is 18.0. The molecule has 2 N–H and O–H groups in total. The average molecular weight is 745 g/mol. The van der Waals surface area contributed by atoms with Gasteiger partial charge in [0.1, 0.15) is 0 Å². The van der Waals surface area contributed by atoms with E-state index >= 15 is 0 Å². The van der Waals surface area contributed by atoms with Crippen LogP contribution in [0.3, 0.4) is 0 Å². The summed E-state index contributed by atoms with van der Waals surface area (Å²) in [5.74, 6) is -2.64. The van der Waals surface area contributed by atoms with Gasteiger partial charge in [-0.05, 0) is 47.9 Å². The molecule has 9 heteroatoms. The van der Waals surface area contributed by atoms with Crippen molar-refractivity contribution in [3.8, 4) is 0 Å². The van der Waals surface area contributed by atoms with Crippen LogP contribution in [-0.4, -0.2) is 26.2 Å². The maximum Gasteiger partial charge on any atom is 4.00 e. The summed E-state index contributed by atoms with van der Waals surface area (Å²) >= 11 is 0. The van der Waals surface area contributed by atoms with Gasteiger partial charge in [-0.25, -0.2) is 52.7 Å². The molecule has 0 atom stereocenters. The number of benzene rings is 2. The van der Waals surface area contributed by atoms with Crippen LogP contribution in [0.1, 0.15) is 107 Å². The molecule has 0 spiro atoms. The first-order valence-corrected chi connectivity index (χ1v) is 18.0. The standard InChI is InChI=1S/2C16H25F2N2.2C5H5.Ti/c2*1-5-7-10-20(19-12-16(3,4)6-2)15-9-8-13(17)11-14(15)18;2*1-2-4-5-3-1;/h2*8-9,19H,5-7,10,12H2,1-4H3;2*1-3H,4H2;/q4*-1;+4. The Balaban J connectivity index is 0.000000754. The molecule has 0 saturated carbocycles. The number of hydrazine groups is 2. The van der Waals surface area contributed by atoms with Gasteiger partial charge < -0.3 is 10.0 Å². The zero-order valence-corrected chi connectivity index (χ0v) is 33.7. The Bertz CT molecular complexity index is 1220. The summed E-state index contributed by atoms with van der Waals surface area (Å²) in [5, 5.41) is 3.54. The summed E-state index contributed by atoms with van der Waals surface area (Å²) in [6, 6.07) is 9.59. The number of allylic oxidation sites excluding steroid dienone is 8. The van der Waals surface area contributed by atoms with Crippen LogP contribution in [0.2, 0.25) is 0 Å². The number of hydrogen-bond acceptors (Lipinski definition) is 4. The Morgan fingerprint density at radius 1 is 0.627 bits per heavy atom. The Morgan fingerprint density at radius 2 is 1.00 bits per heavy atom. The predicted octanol–water partition coefficient (Wildman–Crippen LogP) is 11.2. The van der Waals surface area contributed by atoms with Crippen molar-refractivity contribution in [1.29, 1.82) is 0 Å².